The number of carbonyl (C=O) groups excluding carboxylic acids is 1. The highest BCUT2D eigenvalue weighted by Crippen LogP contribution is 2.38. The summed E-state index contributed by atoms with van der Waals surface area (Å²) in [5.74, 6) is 0.440. The molecule has 1 fully saturated rings. The van der Waals surface area contributed by atoms with E-state index in [9.17, 15) is 9.90 Å². The summed E-state index contributed by atoms with van der Waals surface area (Å²) >= 11 is 5.05. The Labute approximate surface area is 137 Å². The van der Waals surface area contributed by atoms with Crippen LogP contribution in [0.5, 0.6) is 5.75 Å². The summed E-state index contributed by atoms with van der Waals surface area (Å²) in [6, 6.07) is 3.92. The minimum Gasteiger partial charge on any atom is -0.507 e. The molecule has 0 atom stereocenters. The van der Waals surface area contributed by atoms with Gasteiger partial charge < -0.3 is 10.4 Å². The standard InChI is InChI=1S/C18H23NO2S/c1-10(2)13-7-11(6-12-9-15(22)19-17(12)21)8-14(16(13)20)18(3,4)5/h6-8,10,20H,9H2,1-5H3,(H,19,21,22)/b12-6+. The third kappa shape index (κ3) is 3.38. The van der Waals surface area contributed by atoms with Gasteiger partial charge in [0, 0.05) is 17.6 Å². The third-order valence-corrected chi connectivity index (χ3v) is 4.07. The summed E-state index contributed by atoms with van der Waals surface area (Å²) in [6.07, 6.45) is 2.35. The maximum Gasteiger partial charge on any atom is 0.252 e. The zero-order valence-corrected chi connectivity index (χ0v) is 14.6. The molecule has 118 valence electrons. The summed E-state index contributed by atoms with van der Waals surface area (Å²) in [5.41, 5.74) is 3.23. The number of amides is 1. The minimum atomic E-state index is -0.171. The Kier molecular flexibility index (Phi) is 4.43. The van der Waals surface area contributed by atoms with Crippen molar-refractivity contribution in [3.8, 4) is 5.75 Å². The van der Waals surface area contributed by atoms with Gasteiger partial charge in [-0.3, -0.25) is 4.79 Å². The number of hydrogen-bond acceptors (Lipinski definition) is 3. The second-order valence-corrected chi connectivity index (χ2v) is 7.63. The average molecular weight is 317 g/mol. The van der Waals surface area contributed by atoms with Crippen molar-refractivity contribution in [2.75, 3.05) is 0 Å². The van der Waals surface area contributed by atoms with E-state index >= 15 is 0 Å². The first-order valence-corrected chi connectivity index (χ1v) is 7.92. The zero-order valence-electron chi connectivity index (χ0n) is 13.8. The van der Waals surface area contributed by atoms with Crippen molar-refractivity contribution in [2.45, 2.75) is 52.4 Å². The van der Waals surface area contributed by atoms with Crippen LogP contribution in [0, 0.1) is 0 Å². The highest BCUT2D eigenvalue weighted by molar-refractivity contribution is 7.80. The molecule has 0 aromatic heterocycles. The lowest BCUT2D eigenvalue weighted by Gasteiger charge is -2.24. The van der Waals surface area contributed by atoms with E-state index in [1.807, 2.05) is 18.2 Å². The molecule has 2 N–H and O–H groups in total. The molecule has 0 bridgehead atoms. The van der Waals surface area contributed by atoms with Crippen molar-refractivity contribution in [1.29, 1.82) is 0 Å². The Bertz CT molecular complexity index is 666. The number of hydrogen-bond donors (Lipinski definition) is 2. The molecule has 0 aliphatic carbocycles. The molecular weight excluding hydrogens is 294 g/mol. The first kappa shape index (κ1) is 16.7. The minimum absolute atomic E-state index is 0.124. The quantitative estimate of drug-likeness (QED) is 0.639. The van der Waals surface area contributed by atoms with Gasteiger partial charge in [0.05, 0.1) is 4.99 Å². The third-order valence-electron chi connectivity index (χ3n) is 3.83. The van der Waals surface area contributed by atoms with E-state index in [2.05, 4.69) is 39.9 Å². The summed E-state index contributed by atoms with van der Waals surface area (Å²) in [6.45, 7) is 10.3. The van der Waals surface area contributed by atoms with E-state index in [-0.39, 0.29) is 17.2 Å². The zero-order chi connectivity index (χ0) is 16.7. The van der Waals surface area contributed by atoms with Crippen molar-refractivity contribution in [3.63, 3.8) is 0 Å². The molecule has 4 heteroatoms. The molecular formula is C18H23NO2S. The Morgan fingerprint density at radius 2 is 1.95 bits per heavy atom. The molecule has 0 saturated carbocycles. The smallest absolute Gasteiger partial charge is 0.252 e. The molecule has 0 unspecified atom stereocenters. The summed E-state index contributed by atoms with van der Waals surface area (Å²) in [7, 11) is 0. The van der Waals surface area contributed by atoms with Crippen LogP contribution < -0.4 is 5.32 Å². The lowest BCUT2D eigenvalue weighted by Crippen LogP contribution is -2.18. The number of rotatable bonds is 2. The van der Waals surface area contributed by atoms with E-state index in [4.69, 9.17) is 12.2 Å². The second kappa shape index (κ2) is 5.84. The summed E-state index contributed by atoms with van der Waals surface area (Å²) in [4.78, 5) is 12.4. The molecule has 1 aromatic rings. The van der Waals surface area contributed by atoms with Gasteiger partial charge in [-0.25, -0.2) is 0 Å². The fraction of sp³-hybridized carbons (Fsp3) is 0.444. The Morgan fingerprint density at radius 1 is 1.32 bits per heavy atom. The van der Waals surface area contributed by atoms with Gasteiger partial charge in [0.25, 0.3) is 5.91 Å². The lowest BCUT2D eigenvalue weighted by molar-refractivity contribution is -0.115. The van der Waals surface area contributed by atoms with Crippen molar-refractivity contribution in [1.82, 2.24) is 5.32 Å². The van der Waals surface area contributed by atoms with E-state index in [1.54, 1.807) is 0 Å². The fourth-order valence-electron chi connectivity index (χ4n) is 2.60. The van der Waals surface area contributed by atoms with E-state index in [0.29, 0.717) is 22.7 Å². The topological polar surface area (TPSA) is 49.3 Å². The molecule has 0 spiro atoms. The summed E-state index contributed by atoms with van der Waals surface area (Å²) in [5, 5.41) is 13.2. The highest BCUT2D eigenvalue weighted by Gasteiger charge is 2.24. The normalized spacial score (nSPS) is 17.5. The van der Waals surface area contributed by atoms with Crippen molar-refractivity contribution < 1.29 is 9.90 Å². The van der Waals surface area contributed by atoms with Gasteiger partial charge in [-0.1, -0.05) is 46.8 Å². The van der Waals surface area contributed by atoms with Gasteiger partial charge in [0.2, 0.25) is 0 Å². The van der Waals surface area contributed by atoms with Gasteiger partial charge in [-0.15, -0.1) is 0 Å². The van der Waals surface area contributed by atoms with Crippen molar-refractivity contribution >= 4 is 29.2 Å². The number of thiocarbonyl (C=S) groups is 1. The van der Waals surface area contributed by atoms with E-state index in [1.165, 1.54) is 0 Å². The molecule has 1 aromatic carbocycles. The van der Waals surface area contributed by atoms with Crippen LogP contribution in [0.15, 0.2) is 17.7 Å². The number of phenolic OH excluding ortho intramolecular Hbond substituents is 1. The maximum atomic E-state index is 11.8. The molecule has 3 nitrogen and oxygen atoms in total. The number of carbonyl (C=O) groups is 1. The first-order chi connectivity index (χ1) is 10.1. The first-order valence-electron chi connectivity index (χ1n) is 7.51. The van der Waals surface area contributed by atoms with E-state index < -0.39 is 0 Å². The van der Waals surface area contributed by atoms with Gasteiger partial charge in [-0.05, 0) is 40.7 Å². The van der Waals surface area contributed by atoms with Crippen LogP contribution in [0.4, 0.5) is 0 Å². The molecule has 1 aliphatic heterocycles. The largest absolute Gasteiger partial charge is 0.507 e. The molecule has 22 heavy (non-hydrogen) atoms. The average Bonchev–Trinajstić information content (AvgIpc) is 2.68. The maximum absolute atomic E-state index is 11.8. The monoisotopic (exact) mass is 317 g/mol. The molecule has 1 saturated heterocycles. The van der Waals surface area contributed by atoms with Gasteiger partial charge in [0.1, 0.15) is 5.75 Å². The SMILES string of the molecule is CC(C)c1cc(/C=C2\CC(=S)NC2=O)cc(C(C)(C)C)c1O. The van der Waals surface area contributed by atoms with Gasteiger partial charge in [-0.2, -0.15) is 0 Å². The van der Waals surface area contributed by atoms with Gasteiger partial charge in [0.15, 0.2) is 0 Å². The van der Waals surface area contributed by atoms with Crippen LogP contribution >= 0.6 is 12.2 Å². The number of phenols is 1. The van der Waals surface area contributed by atoms with Crippen molar-refractivity contribution in [3.05, 3.63) is 34.4 Å². The molecule has 1 heterocycles. The van der Waals surface area contributed by atoms with Crippen LogP contribution in [0.2, 0.25) is 0 Å². The van der Waals surface area contributed by atoms with Gasteiger partial charge >= 0.3 is 0 Å². The number of nitrogens with one attached hydrogen (secondary N) is 1. The van der Waals surface area contributed by atoms with Crippen molar-refractivity contribution in [2.24, 2.45) is 0 Å². The van der Waals surface area contributed by atoms with E-state index in [0.717, 1.165) is 16.7 Å². The molecule has 2 rings (SSSR count). The van der Waals surface area contributed by atoms with Crippen LogP contribution in [-0.4, -0.2) is 16.0 Å². The Balaban J connectivity index is 2.58. The van der Waals surface area contributed by atoms with Crippen LogP contribution in [0.3, 0.4) is 0 Å². The van der Waals surface area contributed by atoms with Crippen LogP contribution in [-0.2, 0) is 10.2 Å². The summed E-state index contributed by atoms with van der Waals surface area (Å²) < 4.78 is 0. The Hall–Kier alpha value is -1.68. The second-order valence-electron chi connectivity index (χ2n) is 7.13. The molecule has 1 aliphatic rings. The predicted molar refractivity (Wildman–Crippen MR) is 94.2 cm³/mol. The number of benzene rings is 1. The fourth-order valence-corrected chi connectivity index (χ4v) is 2.85. The molecule has 1 amide bonds. The Morgan fingerprint density at radius 3 is 2.41 bits per heavy atom. The predicted octanol–water partition coefficient (Wildman–Crippen LogP) is 4.04. The van der Waals surface area contributed by atoms with Crippen LogP contribution in [0.25, 0.3) is 6.08 Å². The van der Waals surface area contributed by atoms with Crippen LogP contribution in [0.1, 0.15) is 63.6 Å². The highest BCUT2D eigenvalue weighted by atomic mass is 32.1. The number of aromatic hydroxyl groups is 1. The molecule has 0 radical (unpaired) electrons. The lowest BCUT2D eigenvalue weighted by atomic mass is 9.82.